The molecule has 1 spiro atoms. The van der Waals surface area contributed by atoms with E-state index in [0.717, 1.165) is 0 Å². The molecule has 3 heteroatoms. The Balaban J connectivity index is 1.87. The summed E-state index contributed by atoms with van der Waals surface area (Å²) in [5.74, 6) is 1.33. The molecule has 0 aliphatic heterocycles. The molecule has 3 aliphatic rings. The zero-order chi connectivity index (χ0) is 14.9. The highest BCUT2D eigenvalue weighted by Crippen LogP contribution is 2.70. The molecule has 3 rings (SSSR count). The van der Waals surface area contributed by atoms with Crippen LogP contribution in [0.15, 0.2) is 0 Å². The smallest absolute Gasteiger partial charge is 0.309 e. The van der Waals surface area contributed by atoms with Crippen molar-refractivity contribution >= 4 is 11.8 Å². The molecule has 0 aromatic heterocycles. The van der Waals surface area contributed by atoms with E-state index in [-0.39, 0.29) is 29.1 Å². The van der Waals surface area contributed by atoms with Crippen molar-refractivity contribution in [2.75, 3.05) is 7.11 Å². The van der Waals surface area contributed by atoms with Gasteiger partial charge in [-0.1, -0.05) is 27.7 Å². The van der Waals surface area contributed by atoms with Gasteiger partial charge in [0.2, 0.25) is 0 Å². The summed E-state index contributed by atoms with van der Waals surface area (Å²) in [5, 5.41) is 0. The lowest BCUT2D eigenvalue weighted by Crippen LogP contribution is -2.41. The molecule has 0 heterocycles. The van der Waals surface area contributed by atoms with Crippen LogP contribution in [-0.4, -0.2) is 18.9 Å². The van der Waals surface area contributed by atoms with E-state index in [2.05, 4.69) is 27.7 Å². The van der Waals surface area contributed by atoms with Gasteiger partial charge in [0.05, 0.1) is 13.0 Å². The lowest BCUT2D eigenvalue weighted by molar-refractivity contribution is -0.143. The van der Waals surface area contributed by atoms with Gasteiger partial charge in [-0.3, -0.25) is 9.59 Å². The van der Waals surface area contributed by atoms with E-state index < -0.39 is 0 Å². The van der Waals surface area contributed by atoms with Crippen molar-refractivity contribution in [3.63, 3.8) is 0 Å². The second kappa shape index (κ2) is 4.08. The molecule has 0 bridgehead atoms. The van der Waals surface area contributed by atoms with Crippen LogP contribution >= 0.6 is 0 Å². The molecule has 0 radical (unpaired) electrons. The van der Waals surface area contributed by atoms with Crippen molar-refractivity contribution < 1.29 is 14.3 Å². The Labute approximate surface area is 121 Å². The molecular formula is C17H26O3. The first-order chi connectivity index (χ1) is 9.27. The summed E-state index contributed by atoms with van der Waals surface area (Å²) in [6, 6.07) is 0. The van der Waals surface area contributed by atoms with Gasteiger partial charge < -0.3 is 4.74 Å². The van der Waals surface area contributed by atoms with Gasteiger partial charge in [-0.05, 0) is 41.4 Å². The molecule has 0 N–H and O–H groups in total. The zero-order valence-electron chi connectivity index (χ0n) is 13.2. The molecule has 5 atom stereocenters. The third kappa shape index (κ3) is 1.64. The second-order valence-corrected chi connectivity index (χ2v) is 7.97. The molecule has 3 nitrogen and oxygen atoms in total. The minimum atomic E-state index is -0.136. The Bertz CT molecular complexity index is 461. The lowest BCUT2D eigenvalue weighted by Gasteiger charge is -2.41. The molecule has 0 aromatic carbocycles. The van der Waals surface area contributed by atoms with Gasteiger partial charge in [0, 0.05) is 12.3 Å². The van der Waals surface area contributed by atoms with E-state index in [1.54, 1.807) is 0 Å². The summed E-state index contributed by atoms with van der Waals surface area (Å²) < 4.78 is 4.94. The van der Waals surface area contributed by atoms with Crippen LogP contribution in [0.5, 0.6) is 0 Å². The van der Waals surface area contributed by atoms with Crippen LogP contribution in [0.4, 0.5) is 0 Å². The third-order valence-corrected chi connectivity index (χ3v) is 6.89. The average molecular weight is 278 g/mol. The molecule has 20 heavy (non-hydrogen) atoms. The van der Waals surface area contributed by atoms with Gasteiger partial charge in [0.15, 0.2) is 0 Å². The highest BCUT2D eigenvalue weighted by Gasteiger charge is 2.70. The Morgan fingerprint density at radius 1 is 1.25 bits per heavy atom. The summed E-state index contributed by atoms with van der Waals surface area (Å²) in [4.78, 5) is 24.6. The van der Waals surface area contributed by atoms with Gasteiger partial charge in [0.1, 0.15) is 5.78 Å². The van der Waals surface area contributed by atoms with E-state index in [0.29, 0.717) is 29.5 Å². The largest absolute Gasteiger partial charge is 0.469 e. The molecule has 3 saturated carbocycles. The first-order valence-corrected chi connectivity index (χ1v) is 7.88. The highest BCUT2D eigenvalue weighted by molar-refractivity contribution is 5.86. The topological polar surface area (TPSA) is 43.4 Å². The fourth-order valence-corrected chi connectivity index (χ4v) is 5.26. The van der Waals surface area contributed by atoms with Gasteiger partial charge in [-0.25, -0.2) is 0 Å². The summed E-state index contributed by atoms with van der Waals surface area (Å²) in [5.41, 5.74) is 0.302. The summed E-state index contributed by atoms with van der Waals surface area (Å²) in [6.07, 6.45) is 3.22. The third-order valence-electron chi connectivity index (χ3n) is 6.89. The van der Waals surface area contributed by atoms with E-state index in [4.69, 9.17) is 4.74 Å². The van der Waals surface area contributed by atoms with Crippen molar-refractivity contribution in [1.29, 1.82) is 0 Å². The van der Waals surface area contributed by atoms with E-state index in [9.17, 15) is 9.59 Å². The maximum Gasteiger partial charge on any atom is 0.309 e. The number of hydrogen-bond acceptors (Lipinski definition) is 3. The monoisotopic (exact) mass is 278 g/mol. The van der Waals surface area contributed by atoms with E-state index in [1.807, 2.05) is 0 Å². The van der Waals surface area contributed by atoms with Crippen LogP contribution in [0.3, 0.4) is 0 Å². The molecule has 3 fully saturated rings. The summed E-state index contributed by atoms with van der Waals surface area (Å²) in [7, 11) is 1.45. The van der Waals surface area contributed by atoms with Crippen molar-refractivity contribution in [3.8, 4) is 0 Å². The number of rotatable bonds is 2. The summed E-state index contributed by atoms with van der Waals surface area (Å²) >= 11 is 0. The summed E-state index contributed by atoms with van der Waals surface area (Å²) in [6.45, 7) is 8.69. The normalized spacial score (nSPS) is 44.2. The van der Waals surface area contributed by atoms with Crippen LogP contribution < -0.4 is 0 Å². The SMILES string of the molecule is COC(=O)C1C(C2C(=O)C[C@@H](C)C3(CC3)[C@H]2C)C1(C)C. The van der Waals surface area contributed by atoms with Gasteiger partial charge in [0.25, 0.3) is 0 Å². The van der Waals surface area contributed by atoms with Crippen LogP contribution in [0, 0.1) is 40.4 Å². The van der Waals surface area contributed by atoms with Crippen molar-refractivity contribution in [1.82, 2.24) is 0 Å². The number of carbonyl (C=O) groups is 2. The molecule has 0 saturated heterocycles. The first kappa shape index (κ1) is 14.1. The van der Waals surface area contributed by atoms with Gasteiger partial charge >= 0.3 is 5.97 Å². The molecule has 3 aliphatic carbocycles. The van der Waals surface area contributed by atoms with Crippen molar-refractivity contribution in [2.45, 2.75) is 47.0 Å². The van der Waals surface area contributed by atoms with Crippen molar-refractivity contribution in [2.24, 2.45) is 40.4 Å². The maximum absolute atomic E-state index is 12.6. The lowest BCUT2D eigenvalue weighted by atomic mass is 9.62. The Kier molecular flexibility index (Phi) is 2.88. The molecule has 0 aromatic rings. The van der Waals surface area contributed by atoms with Crippen LogP contribution in [0.1, 0.15) is 47.0 Å². The van der Waals surface area contributed by atoms with Crippen LogP contribution in [-0.2, 0) is 14.3 Å². The molecule has 0 amide bonds. The fraction of sp³-hybridized carbons (Fsp3) is 0.882. The minimum Gasteiger partial charge on any atom is -0.469 e. The van der Waals surface area contributed by atoms with Gasteiger partial charge in [-0.2, -0.15) is 0 Å². The number of esters is 1. The van der Waals surface area contributed by atoms with Crippen molar-refractivity contribution in [3.05, 3.63) is 0 Å². The van der Waals surface area contributed by atoms with E-state index in [1.165, 1.54) is 20.0 Å². The quantitative estimate of drug-likeness (QED) is 0.729. The Morgan fingerprint density at radius 3 is 2.35 bits per heavy atom. The zero-order valence-corrected chi connectivity index (χ0v) is 13.2. The number of Topliss-reactive ketones (excluding diaryl/α,β-unsaturated/α-hetero) is 1. The van der Waals surface area contributed by atoms with Crippen LogP contribution in [0.2, 0.25) is 0 Å². The number of ketones is 1. The number of methoxy groups -OCH3 is 1. The first-order valence-electron chi connectivity index (χ1n) is 7.88. The average Bonchev–Trinajstić information content (AvgIpc) is 3.24. The Morgan fingerprint density at radius 2 is 1.85 bits per heavy atom. The Hall–Kier alpha value is -0.860. The standard InChI is InChI=1S/C17H26O3/c1-9-8-11(18)12(10(2)17(9)6-7-17)13-14(15(19)20-5)16(13,3)4/h9-10,12-14H,6-8H2,1-5H3/t9-,10+,12?,13?,14?/m1/s1. The van der Waals surface area contributed by atoms with E-state index >= 15 is 0 Å². The number of hydrogen-bond donors (Lipinski definition) is 0. The number of carbonyl (C=O) groups excluding carboxylic acids is 2. The number of ether oxygens (including phenoxy) is 1. The molecule has 112 valence electrons. The van der Waals surface area contributed by atoms with Gasteiger partial charge in [-0.15, -0.1) is 0 Å². The fourth-order valence-electron chi connectivity index (χ4n) is 5.26. The molecule has 3 unspecified atom stereocenters. The second-order valence-electron chi connectivity index (χ2n) is 7.97. The van der Waals surface area contributed by atoms with Crippen LogP contribution in [0.25, 0.3) is 0 Å². The molecular weight excluding hydrogens is 252 g/mol. The predicted octanol–water partition coefficient (Wildman–Crippen LogP) is 3.07. The predicted molar refractivity (Wildman–Crippen MR) is 75.9 cm³/mol. The minimum absolute atomic E-state index is 0.0628. The highest BCUT2D eigenvalue weighted by atomic mass is 16.5. The maximum atomic E-state index is 12.6.